The molecule has 4 saturated heterocycles. The molecular formula is C93H134N20O19S. The molecule has 39 nitrogen and oxygen atoms in total. The Hall–Kier alpha value is -12.0. The Balaban J connectivity index is 1.07. The molecule has 0 unspecified atom stereocenters. The maximum absolute atomic E-state index is 15.6. The maximum atomic E-state index is 15.6. The van der Waals surface area contributed by atoms with E-state index in [1.165, 1.54) is 62.1 Å². The third-order valence-corrected chi connectivity index (χ3v) is 26.1. The van der Waals surface area contributed by atoms with Gasteiger partial charge in [0, 0.05) is 139 Å². The van der Waals surface area contributed by atoms with Crippen molar-refractivity contribution in [3.63, 3.8) is 0 Å². The van der Waals surface area contributed by atoms with Crippen molar-refractivity contribution in [3.8, 4) is 5.75 Å². The quantitative estimate of drug-likeness (QED) is 0.0429. The maximum Gasteiger partial charge on any atom is 0.246 e. The number of H-pyrrole nitrogens is 2. The SMILES string of the molecule is CCCC[C@H]1C(=O)N(C)[C@@H](CCCC)C(=O)N[C@@H](CC(C)C)C(=O)N[C@H](C(=O)NCC(=O)N2CCN(C)CC2)CSCC(=O)N[C@@H](Cc2ccc(O)cc2)C(=O)N(C)[C@@H](C)C(=O)N[C@@H](CC(N)=O)C(=O)N2CCC[C@H]2C(=O)N[C@@H](CN)C(=O)N[C@@H](CC(C)C)C(=O)N2C[C@H](O)C[C@H]2C(=O)C[C@@H](Cc2c[nH]c3ccccc23)C(=O)NCC(=O)N[C@@H](Cc2c[nH]c3ccccc23)C(=O)N1C. The minimum Gasteiger partial charge on any atom is -0.508 e. The molecule has 0 spiro atoms. The van der Waals surface area contributed by atoms with Gasteiger partial charge in [-0.3, -0.25) is 81.5 Å². The second-order valence-corrected chi connectivity index (χ2v) is 37.2. The number of Topliss-reactive ketones (excluding diaryl/α,β-unsaturated/α-hetero) is 1. The van der Waals surface area contributed by atoms with Gasteiger partial charge in [-0.15, -0.1) is 11.8 Å². The monoisotopic (exact) mass is 1870 g/mol. The van der Waals surface area contributed by atoms with E-state index in [0.29, 0.717) is 90.4 Å². The van der Waals surface area contributed by atoms with E-state index in [1.807, 2.05) is 56.1 Å². The number of nitrogens with zero attached hydrogens (tertiary/aromatic N) is 7. The largest absolute Gasteiger partial charge is 0.508 e. The van der Waals surface area contributed by atoms with E-state index in [2.05, 4.69) is 57.8 Å². The molecule has 40 heteroatoms. The van der Waals surface area contributed by atoms with Gasteiger partial charge in [0.2, 0.25) is 94.5 Å². The van der Waals surface area contributed by atoms with Crippen LogP contribution in [0.25, 0.3) is 21.8 Å². The van der Waals surface area contributed by atoms with Crippen LogP contribution in [-0.4, -0.2) is 332 Å². The van der Waals surface area contributed by atoms with Crippen LogP contribution < -0.4 is 59.3 Å². The van der Waals surface area contributed by atoms with Crippen LogP contribution in [0, 0.1) is 17.8 Å². The average molecular weight is 1870 g/mol. The number of nitrogens with two attached hydrogens (primary N) is 2. The lowest BCUT2D eigenvalue weighted by molar-refractivity contribution is -0.149. The summed E-state index contributed by atoms with van der Waals surface area (Å²) in [4.78, 5) is 266. The Morgan fingerprint density at radius 3 is 1.72 bits per heavy atom. The Bertz CT molecular complexity index is 4960. The number of aromatic amines is 2. The first kappa shape index (κ1) is 105. The molecule has 0 bridgehead atoms. The molecule has 5 aromatic rings. The highest BCUT2D eigenvalue weighted by Gasteiger charge is 2.46. The summed E-state index contributed by atoms with van der Waals surface area (Å²) in [5, 5.41) is 47.4. The first-order valence-electron chi connectivity index (χ1n) is 46.0. The second-order valence-electron chi connectivity index (χ2n) is 36.1. The van der Waals surface area contributed by atoms with Crippen LogP contribution in [0.3, 0.4) is 0 Å². The number of thioether (sulfide) groups is 1. The number of nitrogens with one attached hydrogen (secondary N) is 11. The number of amides is 16. The van der Waals surface area contributed by atoms with Crippen molar-refractivity contribution < 1.29 is 91.7 Å². The smallest absolute Gasteiger partial charge is 0.246 e. The van der Waals surface area contributed by atoms with Crippen molar-refractivity contribution in [3.05, 3.63) is 102 Å². The number of rotatable bonds is 22. The molecule has 6 heterocycles. The number of piperazine rings is 1. The van der Waals surface area contributed by atoms with Crippen molar-refractivity contribution in [1.29, 1.82) is 0 Å². The predicted octanol–water partition coefficient (Wildman–Crippen LogP) is -0.135. The van der Waals surface area contributed by atoms with Crippen molar-refractivity contribution >= 4 is 134 Å². The number of hydrogen-bond donors (Lipinski definition) is 15. The number of para-hydroxylation sites is 2. The molecule has 9 rings (SSSR count). The summed E-state index contributed by atoms with van der Waals surface area (Å²) >= 11 is 0.850. The lowest BCUT2D eigenvalue weighted by atomic mass is 9.90. The van der Waals surface area contributed by atoms with E-state index in [-0.39, 0.29) is 101 Å². The summed E-state index contributed by atoms with van der Waals surface area (Å²) in [6, 6.07) is 2.90. The third kappa shape index (κ3) is 29.0. The second kappa shape index (κ2) is 49.6. The Kier molecular flexibility index (Phi) is 39.1. The summed E-state index contributed by atoms with van der Waals surface area (Å²) in [7, 11) is 5.99. The highest BCUT2D eigenvalue weighted by atomic mass is 32.2. The lowest BCUT2D eigenvalue weighted by Gasteiger charge is -2.36. The normalized spacial score (nSPS) is 25.4. The van der Waals surface area contributed by atoms with Crippen LogP contribution >= 0.6 is 11.8 Å². The van der Waals surface area contributed by atoms with Gasteiger partial charge in [0.05, 0.1) is 37.4 Å². The van der Waals surface area contributed by atoms with Crippen molar-refractivity contribution in [1.82, 2.24) is 92.1 Å². The first-order valence-corrected chi connectivity index (χ1v) is 47.1. The zero-order valence-corrected chi connectivity index (χ0v) is 78.8. The van der Waals surface area contributed by atoms with Gasteiger partial charge in [0.15, 0.2) is 5.78 Å². The predicted molar refractivity (Wildman–Crippen MR) is 497 cm³/mol. The fraction of sp³-hybridized carbons (Fsp3) is 0.581. The van der Waals surface area contributed by atoms with E-state index in [0.717, 1.165) is 26.5 Å². The van der Waals surface area contributed by atoms with E-state index in [4.69, 9.17) is 11.5 Å². The lowest BCUT2D eigenvalue weighted by Crippen LogP contribution is -2.61. The number of aromatic hydroxyl groups is 1. The number of carbonyl (C=O) groups is 17. The highest BCUT2D eigenvalue weighted by Crippen LogP contribution is 2.30. The summed E-state index contributed by atoms with van der Waals surface area (Å²) in [5.74, 6) is -16.6. The number of ketones is 1. The minimum absolute atomic E-state index is 0.0106. The Labute approximate surface area is 779 Å². The van der Waals surface area contributed by atoms with E-state index >= 15 is 33.6 Å². The Morgan fingerprint density at radius 1 is 0.556 bits per heavy atom. The summed E-state index contributed by atoms with van der Waals surface area (Å²) < 4.78 is 0. The molecule has 133 heavy (non-hydrogen) atoms. The number of aliphatic hydroxyl groups is 1. The van der Waals surface area contributed by atoms with Gasteiger partial charge in [-0.2, -0.15) is 0 Å². The summed E-state index contributed by atoms with van der Waals surface area (Å²) in [5.41, 5.74) is 15.0. The molecule has 3 aromatic carbocycles. The first-order chi connectivity index (χ1) is 63.3. The highest BCUT2D eigenvalue weighted by molar-refractivity contribution is 8.00. The number of fused-ring (bicyclic) bond motifs is 4. The summed E-state index contributed by atoms with van der Waals surface area (Å²) in [6.07, 6.45) is 2.21. The molecule has 4 fully saturated rings. The van der Waals surface area contributed by atoms with Crippen LogP contribution in [0.2, 0.25) is 0 Å². The molecule has 4 aliphatic heterocycles. The van der Waals surface area contributed by atoms with Crippen LogP contribution in [0.1, 0.15) is 149 Å². The third-order valence-electron chi connectivity index (χ3n) is 25.1. The number of unbranched alkanes of at least 4 members (excludes halogenated alkanes) is 2. The van der Waals surface area contributed by atoms with Crippen molar-refractivity contribution in [2.75, 3.05) is 98.6 Å². The zero-order valence-electron chi connectivity index (χ0n) is 77.9. The van der Waals surface area contributed by atoms with Gasteiger partial charge in [-0.1, -0.05) is 116 Å². The Morgan fingerprint density at radius 2 is 1.11 bits per heavy atom. The molecule has 0 radical (unpaired) electrons. The molecule has 726 valence electrons. The van der Waals surface area contributed by atoms with E-state index in [9.17, 15) is 58.2 Å². The van der Waals surface area contributed by atoms with Crippen molar-refractivity contribution in [2.45, 2.75) is 230 Å². The number of primary amides is 1. The number of aliphatic hydroxyl groups excluding tert-OH is 1. The topological polar surface area (TPSA) is 545 Å². The number of phenols is 1. The van der Waals surface area contributed by atoms with Crippen LogP contribution in [0.15, 0.2) is 85.2 Å². The van der Waals surface area contributed by atoms with Gasteiger partial charge < -0.3 is 114 Å². The molecule has 0 saturated carbocycles. The van der Waals surface area contributed by atoms with Crippen molar-refractivity contribution in [2.24, 2.45) is 29.2 Å². The van der Waals surface area contributed by atoms with E-state index < -0.39 is 223 Å². The van der Waals surface area contributed by atoms with E-state index in [1.54, 1.807) is 63.2 Å². The number of phenolic OH excluding ortho intramolecular Hbond substituents is 1. The van der Waals surface area contributed by atoms with Crippen LogP contribution in [0.4, 0.5) is 0 Å². The van der Waals surface area contributed by atoms with Gasteiger partial charge >= 0.3 is 0 Å². The van der Waals surface area contributed by atoms with Crippen LogP contribution in [0.5, 0.6) is 5.75 Å². The average Bonchev–Trinajstić information content (AvgIpc) is 1.72. The van der Waals surface area contributed by atoms with Gasteiger partial charge in [-0.25, -0.2) is 0 Å². The van der Waals surface area contributed by atoms with Gasteiger partial charge in [0.25, 0.3) is 0 Å². The molecule has 17 N–H and O–H groups in total. The molecule has 4 aliphatic rings. The minimum atomic E-state index is -1.75. The van der Waals surface area contributed by atoms with Crippen LogP contribution in [-0.2, 0) is 101 Å². The number of likely N-dealkylation sites (N-methyl/N-ethyl adjacent to an activating group) is 4. The standard InChI is InChI=1S/C93H134N20O19S/c1-12-14-25-73-87(126)102-66(37-53(3)4)85(124)106-72(84(123)99-49-81(120)111-35-33-107(8)34-36-111)51-133-52-80(119)101-68(39-56-28-30-60(114)31-29-56)89(128)108(9)55(7)82(121)103-70(44-78(95)117)91(130)112-32-20-27-74(112)88(127)105-71(45-94)86(125)104-67(38-54(5)6)92(131)113-50-61(115)43-76(113)77(116)42-57(40-58-46-96-64-23-18-16-21-62(58)64)83(122)98-48-79(118)100-69(41-59-47-97-65-24-19-17-22-63(59)65)90(129)110(11)75(26-15-13-2)93(132)109(73)10/h16-19,21-24,28-31,46-47,53-55,57,61,66-76,96-97,114-115H,12-15,20,25-27,32-45,48-52,94H2,1-11H3,(H2,95,117)(H,98,122)(H,99,123)(H,100,118)(H,101,119)(H,102,126)(H,103,121)(H,104,125)(H,105,127)(H,106,124)/t55-,57+,61+,66-,67-,68-,69-,70-,71-,72-,73-,74-,75-,76-/m0/s1. The number of carbonyl (C=O) groups excluding carboxylic acids is 17. The number of hydrogen-bond acceptors (Lipinski definition) is 22. The molecule has 2 aromatic heterocycles. The fourth-order valence-electron chi connectivity index (χ4n) is 17.3. The molecule has 14 atom stereocenters. The van der Waals surface area contributed by atoms with Gasteiger partial charge in [-0.05, 0) is 112 Å². The number of benzene rings is 3. The fourth-order valence-corrected chi connectivity index (χ4v) is 18.2. The number of aromatic nitrogens is 2. The zero-order chi connectivity index (χ0) is 97.2. The molecular weight excluding hydrogens is 1730 g/mol. The molecule has 0 aliphatic carbocycles. The summed E-state index contributed by atoms with van der Waals surface area (Å²) in [6.45, 7) is 11.8. The molecule has 16 amide bonds. The van der Waals surface area contributed by atoms with Gasteiger partial charge in [0.1, 0.15) is 72.2 Å².